The topological polar surface area (TPSA) is 269 Å². The van der Waals surface area contributed by atoms with Crippen LogP contribution in [0.25, 0.3) is 0 Å². The average Bonchev–Trinajstić information content (AvgIpc) is 3.79. The van der Waals surface area contributed by atoms with E-state index in [2.05, 4.69) is 21.3 Å². The van der Waals surface area contributed by atoms with E-state index in [9.17, 15) is 38.4 Å². The highest BCUT2D eigenvalue weighted by molar-refractivity contribution is 8.00. The highest BCUT2D eigenvalue weighted by Gasteiger charge is 2.47. The zero-order valence-corrected chi connectivity index (χ0v) is 31.0. The molecule has 0 radical (unpaired) electrons. The van der Waals surface area contributed by atoms with Crippen LogP contribution in [-0.2, 0) is 40.1 Å². The predicted molar refractivity (Wildman–Crippen MR) is 195 cm³/mol. The SMILES string of the molecule is CC(C)[C@H](NC(=O)CCCCCN1C(=O)CC(SCC2(CC(=O)O)CC2)C1=O)C(=O)N[C@@H](CCCNC(N)=O)C(=O)Nc1ccc(COC(N)=O)cc1. The number of aliphatic carboxylic acids is 1. The van der Waals surface area contributed by atoms with Crippen LogP contribution in [0.3, 0.4) is 0 Å². The molecule has 3 atom stereocenters. The number of nitrogens with zero attached hydrogens (tertiary/aromatic N) is 1. The van der Waals surface area contributed by atoms with Crippen molar-refractivity contribution in [1.82, 2.24) is 20.9 Å². The summed E-state index contributed by atoms with van der Waals surface area (Å²) in [4.78, 5) is 99.3. The van der Waals surface area contributed by atoms with Crippen molar-refractivity contribution in [3.05, 3.63) is 29.8 Å². The number of imide groups is 1. The molecule has 2 fully saturated rings. The van der Waals surface area contributed by atoms with Gasteiger partial charge < -0.3 is 42.6 Å². The molecule has 1 saturated carbocycles. The molecular weight excluding hydrogens is 710 g/mol. The number of amides is 8. The fourth-order valence-corrected chi connectivity index (χ4v) is 7.27. The smallest absolute Gasteiger partial charge is 0.404 e. The lowest BCUT2D eigenvalue weighted by molar-refractivity contribution is -0.139. The van der Waals surface area contributed by atoms with Crippen LogP contribution in [0, 0.1) is 11.3 Å². The molecule has 53 heavy (non-hydrogen) atoms. The number of thioether (sulfide) groups is 1. The van der Waals surface area contributed by atoms with Crippen molar-refractivity contribution < 1.29 is 48.2 Å². The third kappa shape index (κ3) is 14.6. The Morgan fingerprint density at radius 3 is 2.28 bits per heavy atom. The molecule has 1 aliphatic carbocycles. The number of carboxylic acid groups (broad SMARTS) is 1. The van der Waals surface area contributed by atoms with E-state index in [1.165, 1.54) is 16.7 Å². The molecule has 9 N–H and O–H groups in total. The van der Waals surface area contributed by atoms with Gasteiger partial charge in [-0.05, 0) is 67.6 Å². The Morgan fingerprint density at radius 1 is 0.981 bits per heavy atom. The molecule has 0 spiro atoms. The number of unbranched alkanes of at least 4 members (excludes halogenated alkanes) is 2. The normalized spacial score (nSPS) is 17.1. The third-order valence-electron chi connectivity index (χ3n) is 9.03. The number of benzene rings is 1. The predicted octanol–water partition coefficient (Wildman–Crippen LogP) is 1.97. The minimum absolute atomic E-state index is 0.0436. The summed E-state index contributed by atoms with van der Waals surface area (Å²) >= 11 is 1.36. The van der Waals surface area contributed by atoms with E-state index in [-0.39, 0.29) is 74.4 Å². The highest BCUT2D eigenvalue weighted by Crippen LogP contribution is 2.52. The zero-order chi connectivity index (χ0) is 39.1. The fraction of sp³-hybridized carbons (Fsp3) is 0.600. The second-order valence-electron chi connectivity index (χ2n) is 13.8. The molecule has 17 nitrogen and oxygen atoms in total. The minimum Gasteiger partial charge on any atom is -0.481 e. The Labute approximate surface area is 312 Å². The van der Waals surface area contributed by atoms with Crippen molar-refractivity contribution in [2.45, 2.75) is 102 Å². The number of ether oxygens (including phenoxy) is 1. The van der Waals surface area contributed by atoms with Crippen molar-refractivity contribution in [3.8, 4) is 0 Å². The summed E-state index contributed by atoms with van der Waals surface area (Å²) in [6.07, 6.45) is 2.95. The van der Waals surface area contributed by atoms with Crippen LogP contribution in [0.1, 0.15) is 83.6 Å². The molecule has 8 amide bonds. The van der Waals surface area contributed by atoms with Crippen LogP contribution < -0.4 is 32.7 Å². The molecule has 1 aromatic rings. The van der Waals surface area contributed by atoms with Gasteiger partial charge >= 0.3 is 18.1 Å². The summed E-state index contributed by atoms with van der Waals surface area (Å²) in [5, 5.41) is 19.3. The van der Waals surface area contributed by atoms with E-state index in [1.54, 1.807) is 38.1 Å². The van der Waals surface area contributed by atoms with Crippen LogP contribution in [0.5, 0.6) is 0 Å². The average molecular weight is 762 g/mol. The molecule has 0 aromatic heterocycles. The molecule has 3 rings (SSSR count). The number of nitrogens with two attached hydrogens (primary N) is 2. The summed E-state index contributed by atoms with van der Waals surface area (Å²) in [5.41, 5.74) is 10.9. The molecule has 1 heterocycles. The molecular formula is C35H51N7O10S. The maximum Gasteiger partial charge on any atom is 0.404 e. The van der Waals surface area contributed by atoms with Gasteiger partial charge in [-0.3, -0.25) is 33.7 Å². The van der Waals surface area contributed by atoms with Gasteiger partial charge in [-0.15, -0.1) is 11.8 Å². The van der Waals surface area contributed by atoms with E-state index in [4.69, 9.17) is 21.3 Å². The molecule has 0 bridgehead atoms. The molecule has 292 valence electrons. The van der Waals surface area contributed by atoms with Crippen LogP contribution in [0.2, 0.25) is 0 Å². The summed E-state index contributed by atoms with van der Waals surface area (Å²) in [7, 11) is 0. The van der Waals surface area contributed by atoms with Crippen molar-refractivity contribution in [3.63, 3.8) is 0 Å². The van der Waals surface area contributed by atoms with Gasteiger partial charge in [0.15, 0.2) is 0 Å². The van der Waals surface area contributed by atoms with Gasteiger partial charge in [-0.1, -0.05) is 32.4 Å². The van der Waals surface area contributed by atoms with Gasteiger partial charge in [0.1, 0.15) is 18.7 Å². The number of primary amides is 2. The van der Waals surface area contributed by atoms with Crippen LogP contribution >= 0.6 is 11.8 Å². The maximum atomic E-state index is 13.4. The van der Waals surface area contributed by atoms with Gasteiger partial charge in [-0.2, -0.15) is 0 Å². The van der Waals surface area contributed by atoms with Gasteiger partial charge in [0.05, 0.1) is 11.7 Å². The van der Waals surface area contributed by atoms with E-state index < -0.39 is 47.2 Å². The minimum atomic E-state index is -1.03. The van der Waals surface area contributed by atoms with E-state index in [0.29, 0.717) is 42.7 Å². The maximum absolute atomic E-state index is 13.4. The number of hydrogen-bond acceptors (Lipinski definition) is 10. The zero-order valence-electron chi connectivity index (χ0n) is 30.1. The summed E-state index contributed by atoms with van der Waals surface area (Å²) in [6.45, 7) is 3.87. The number of rotatable bonds is 23. The van der Waals surface area contributed by atoms with Gasteiger partial charge in [-0.25, -0.2) is 9.59 Å². The number of carbonyl (C=O) groups excluding carboxylic acids is 7. The van der Waals surface area contributed by atoms with Gasteiger partial charge in [0, 0.05) is 37.4 Å². The molecule has 1 unspecified atom stereocenters. The Kier molecular flexibility index (Phi) is 16.4. The first kappa shape index (κ1) is 42.5. The van der Waals surface area contributed by atoms with E-state index >= 15 is 0 Å². The Balaban J connectivity index is 1.46. The molecule has 18 heteroatoms. The second-order valence-corrected chi connectivity index (χ2v) is 15.0. The Bertz CT molecular complexity index is 1500. The quantitative estimate of drug-likeness (QED) is 0.0626. The summed E-state index contributed by atoms with van der Waals surface area (Å²) in [6, 6.07) is 3.74. The van der Waals surface area contributed by atoms with Gasteiger partial charge in [0.2, 0.25) is 29.5 Å². The number of likely N-dealkylation sites (tertiary alicyclic amines) is 1. The second kappa shape index (κ2) is 20.4. The number of anilines is 1. The van der Waals surface area contributed by atoms with Crippen molar-refractivity contribution >= 4 is 65.1 Å². The van der Waals surface area contributed by atoms with Gasteiger partial charge in [0.25, 0.3) is 0 Å². The van der Waals surface area contributed by atoms with Crippen molar-refractivity contribution in [1.29, 1.82) is 0 Å². The fourth-order valence-electron chi connectivity index (χ4n) is 5.79. The van der Waals surface area contributed by atoms with Crippen molar-refractivity contribution in [2.75, 3.05) is 24.2 Å². The largest absolute Gasteiger partial charge is 0.481 e. The first-order valence-electron chi connectivity index (χ1n) is 17.7. The molecule has 1 saturated heterocycles. The number of hydrogen-bond donors (Lipinski definition) is 7. The first-order valence-corrected chi connectivity index (χ1v) is 18.8. The van der Waals surface area contributed by atoms with Crippen LogP contribution in [-0.4, -0.2) is 93.8 Å². The summed E-state index contributed by atoms with van der Waals surface area (Å²) in [5.74, 6) is -2.62. The Morgan fingerprint density at radius 2 is 1.68 bits per heavy atom. The lowest BCUT2D eigenvalue weighted by atomic mass is 10.0. The molecule has 1 aliphatic heterocycles. The highest BCUT2D eigenvalue weighted by atomic mass is 32.2. The molecule has 1 aromatic carbocycles. The van der Waals surface area contributed by atoms with E-state index in [1.807, 2.05) is 0 Å². The van der Waals surface area contributed by atoms with Crippen LogP contribution in [0.4, 0.5) is 15.3 Å². The van der Waals surface area contributed by atoms with Crippen LogP contribution in [0.15, 0.2) is 24.3 Å². The van der Waals surface area contributed by atoms with Crippen molar-refractivity contribution in [2.24, 2.45) is 22.8 Å². The monoisotopic (exact) mass is 761 g/mol. The first-order chi connectivity index (χ1) is 25.1. The molecule has 2 aliphatic rings. The number of nitrogens with one attached hydrogen (secondary N) is 4. The Hall–Kier alpha value is -4.87. The summed E-state index contributed by atoms with van der Waals surface area (Å²) < 4.78 is 4.76. The number of urea groups is 1. The van der Waals surface area contributed by atoms with E-state index in [0.717, 1.165) is 12.8 Å². The lowest BCUT2D eigenvalue weighted by Gasteiger charge is -2.25. The lowest BCUT2D eigenvalue weighted by Crippen LogP contribution is -2.54. The number of carboxylic acids is 1. The third-order valence-corrected chi connectivity index (χ3v) is 10.6. The number of carbonyl (C=O) groups is 8. The standard InChI is InChI=1S/C35H51N7O10S/c1-21(2)29(31(48)40-24(7-6-15-38-33(36)50)30(47)39-23-11-9-22(10-12-23)19-52-34(37)51)41-26(43)8-4-3-5-16-42-27(44)17-25(32(42)49)53-20-35(13-14-35)18-28(45)46/h9-12,21,24-25,29H,3-8,13-20H2,1-2H3,(H2,37,51)(H,39,47)(H,40,48)(H,41,43)(H,45,46)(H3,36,38,50)/t24-,25?,29-/m0/s1.